The first-order valence-electron chi connectivity index (χ1n) is 9.95. The van der Waals surface area contributed by atoms with Crippen LogP contribution in [0.3, 0.4) is 0 Å². The van der Waals surface area contributed by atoms with Gasteiger partial charge in [0.05, 0.1) is 23.1 Å². The zero-order chi connectivity index (χ0) is 20.4. The SMILES string of the molecule is Cc1cccnc1Nc1ccc(C2CCN(C(=O)c3cn(C)nc3C)CC2)nc1. The van der Waals surface area contributed by atoms with Crippen LogP contribution in [0.5, 0.6) is 0 Å². The lowest BCUT2D eigenvalue weighted by Crippen LogP contribution is -2.38. The molecule has 0 bridgehead atoms. The van der Waals surface area contributed by atoms with Crippen molar-refractivity contribution in [2.75, 3.05) is 18.4 Å². The van der Waals surface area contributed by atoms with Gasteiger partial charge < -0.3 is 10.2 Å². The average Bonchev–Trinajstić information content (AvgIpc) is 3.08. The normalized spacial score (nSPS) is 14.8. The molecule has 3 aromatic rings. The largest absolute Gasteiger partial charge is 0.339 e. The van der Waals surface area contributed by atoms with Crippen LogP contribution in [-0.2, 0) is 7.05 Å². The number of likely N-dealkylation sites (tertiary alicyclic amines) is 1. The van der Waals surface area contributed by atoms with Crippen LogP contribution in [0.2, 0.25) is 0 Å². The number of carbonyl (C=O) groups excluding carboxylic acids is 1. The summed E-state index contributed by atoms with van der Waals surface area (Å²) >= 11 is 0. The molecule has 1 N–H and O–H groups in total. The molecule has 1 aliphatic rings. The van der Waals surface area contributed by atoms with Crippen LogP contribution < -0.4 is 5.32 Å². The lowest BCUT2D eigenvalue weighted by atomic mass is 9.92. The van der Waals surface area contributed by atoms with E-state index < -0.39 is 0 Å². The van der Waals surface area contributed by atoms with Gasteiger partial charge in [0, 0.05) is 44.1 Å². The zero-order valence-electron chi connectivity index (χ0n) is 17.1. The highest BCUT2D eigenvalue weighted by Gasteiger charge is 2.26. The number of hydrogen-bond donors (Lipinski definition) is 1. The van der Waals surface area contributed by atoms with Crippen LogP contribution in [0, 0.1) is 13.8 Å². The predicted octanol–water partition coefficient (Wildman–Crippen LogP) is 3.59. The van der Waals surface area contributed by atoms with Crippen molar-refractivity contribution in [1.82, 2.24) is 24.6 Å². The van der Waals surface area contributed by atoms with Gasteiger partial charge in [-0.3, -0.25) is 14.5 Å². The van der Waals surface area contributed by atoms with E-state index in [1.165, 1.54) is 0 Å². The quantitative estimate of drug-likeness (QED) is 0.737. The van der Waals surface area contributed by atoms with Crippen LogP contribution in [0.4, 0.5) is 11.5 Å². The first-order chi connectivity index (χ1) is 14.0. The Morgan fingerprint density at radius 2 is 1.93 bits per heavy atom. The standard InChI is InChI=1S/C22H26N6O/c1-15-5-4-10-23-21(15)25-18-6-7-20(24-13-18)17-8-11-28(12-9-17)22(29)19-14-27(3)26-16(19)2/h4-7,10,13-14,17H,8-9,11-12H2,1-3H3,(H,23,25). The Labute approximate surface area is 170 Å². The number of pyridine rings is 2. The van der Waals surface area contributed by atoms with Gasteiger partial charge in [0.2, 0.25) is 0 Å². The molecule has 1 amide bonds. The fraction of sp³-hybridized carbons (Fsp3) is 0.364. The molecule has 0 spiro atoms. The van der Waals surface area contributed by atoms with E-state index in [0.717, 1.165) is 54.4 Å². The van der Waals surface area contributed by atoms with E-state index in [1.54, 1.807) is 17.1 Å². The van der Waals surface area contributed by atoms with Crippen molar-refractivity contribution >= 4 is 17.4 Å². The van der Waals surface area contributed by atoms with Gasteiger partial charge in [0.25, 0.3) is 5.91 Å². The fourth-order valence-corrected chi connectivity index (χ4v) is 3.83. The second kappa shape index (κ2) is 8.03. The van der Waals surface area contributed by atoms with E-state index in [-0.39, 0.29) is 5.91 Å². The third-order valence-electron chi connectivity index (χ3n) is 5.50. The monoisotopic (exact) mass is 390 g/mol. The Hall–Kier alpha value is -3.22. The lowest BCUT2D eigenvalue weighted by molar-refractivity contribution is 0.0711. The van der Waals surface area contributed by atoms with E-state index in [1.807, 2.05) is 50.2 Å². The Morgan fingerprint density at radius 3 is 2.55 bits per heavy atom. The molecular weight excluding hydrogens is 364 g/mol. The van der Waals surface area contributed by atoms with Crippen molar-refractivity contribution in [3.63, 3.8) is 0 Å². The number of nitrogens with one attached hydrogen (secondary N) is 1. The van der Waals surface area contributed by atoms with Crippen LogP contribution >= 0.6 is 0 Å². The topological polar surface area (TPSA) is 75.9 Å². The molecule has 150 valence electrons. The van der Waals surface area contributed by atoms with Gasteiger partial charge in [0.1, 0.15) is 5.82 Å². The molecule has 0 saturated carbocycles. The summed E-state index contributed by atoms with van der Waals surface area (Å²) in [4.78, 5) is 23.7. The molecule has 7 heteroatoms. The van der Waals surface area contributed by atoms with Gasteiger partial charge in [-0.2, -0.15) is 5.10 Å². The van der Waals surface area contributed by atoms with Gasteiger partial charge in [-0.25, -0.2) is 4.98 Å². The summed E-state index contributed by atoms with van der Waals surface area (Å²) in [6.07, 6.45) is 7.29. The third kappa shape index (κ3) is 4.13. The summed E-state index contributed by atoms with van der Waals surface area (Å²) in [7, 11) is 1.84. The van der Waals surface area contributed by atoms with E-state index >= 15 is 0 Å². The molecule has 3 aromatic heterocycles. The molecule has 1 aliphatic heterocycles. The van der Waals surface area contributed by atoms with E-state index in [0.29, 0.717) is 11.5 Å². The maximum atomic E-state index is 12.8. The number of amides is 1. The molecule has 0 radical (unpaired) electrons. The highest BCUT2D eigenvalue weighted by atomic mass is 16.2. The van der Waals surface area contributed by atoms with Gasteiger partial charge in [0.15, 0.2) is 0 Å². The van der Waals surface area contributed by atoms with Crippen molar-refractivity contribution in [2.24, 2.45) is 7.05 Å². The van der Waals surface area contributed by atoms with E-state index in [2.05, 4.69) is 26.4 Å². The fourth-order valence-electron chi connectivity index (χ4n) is 3.83. The molecular formula is C22H26N6O. The van der Waals surface area contributed by atoms with Gasteiger partial charge in [-0.05, 0) is 50.5 Å². The first-order valence-corrected chi connectivity index (χ1v) is 9.95. The summed E-state index contributed by atoms with van der Waals surface area (Å²) in [5.41, 5.74) is 4.59. The van der Waals surface area contributed by atoms with Crippen LogP contribution in [0.15, 0.2) is 42.9 Å². The molecule has 1 saturated heterocycles. The number of anilines is 2. The Morgan fingerprint density at radius 1 is 1.14 bits per heavy atom. The number of aryl methyl sites for hydroxylation is 3. The lowest BCUT2D eigenvalue weighted by Gasteiger charge is -2.31. The van der Waals surface area contributed by atoms with Crippen LogP contribution in [-0.4, -0.2) is 43.6 Å². The number of rotatable bonds is 4. The highest BCUT2D eigenvalue weighted by Crippen LogP contribution is 2.28. The molecule has 4 rings (SSSR count). The number of carbonyl (C=O) groups is 1. The molecule has 0 atom stereocenters. The molecule has 0 aliphatic carbocycles. The molecule has 29 heavy (non-hydrogen) atoms. The summed E-state index contributed by atoms with van der Waals surface area (Å²) in [6.45, 7) is 5.39. The molecule has 1 fully saturated rings. The van der Waals surface area contributed by atoms with E-state index in [4.69, 9.17) is 0 Å². The molecule has 0 unspecified atom stereocenters. The third-order valence-corrected chi connectivity index (χ3v) is 5.50. The molecule has 0 aromatic carbocycles. The second-order valence-corrected chi connectivity index (χ2v) is 7.63. The van der Waals surface area contributed by atoms with Gasteiger partial charge in [-0.15, -0.1) is 0 Å². The van der Waals surface area contributed by atoms with Crippen molar-refractivity contribution in [3.05, 3.63) is 65.4 Å². The number of aromatic nitrogens is 4. The summed E-state index contributed by atoms with van der Waals surface area (Å²) < 4.78 is 1.70. The maximum absolute atomic E-state index is 12.8. The van der Waals surface area contributed by atoms with Crippen LogP contribution in [0.25, 0.3) is 0 Å². The first kappa shape index (κ1) is 19.1. The van der Waals surface area contributed by atoms with Crippen molar-refractivity contribution < 1.29 is 4.79 Å². The Balaban J connectivity index is 1.37. The maximum Gasteiger partial charge on any atom is 0.257 e. The van der Waals surface area contributed by atoms with Crippen molar-refractivity contribution in [2.45, 2.75) is 32.6 Å². The minimum atomic E-state index is 0.0762. The number of nitrogens with zero attached hydrogens (tertiary/aromatic N) is 5. The summed E-state index contributed by atoms with van der Waals surface area (Å²) in [6, 6.07) is 8.08. The second-order valence-electron chi connectivity index (χ2n) is 7.63. The highest BCUT2D eigenvalue weighted by molar-refractivity contribution is 5.95. The van der Waals surface area contributed by atoms with Crippen LogP contribution in [0.1, 0.15) is 46.1 Å². The number of hydrogen-bond acceptors (Lipinski definition) is 5. The Bertz CT molecular complexity index is 1000. The zero-order valence-corrected chi connectivity index (χ0v) is 17.1. The van der Waals surface area contributed by atoms with Crippen molar-refractivity contribution in [1.29, 1.82) is 0 Å². The molecule has 4 heterocycles. The predicted molar refractivity (Wildman–Crippen MR) is 112 cm³/mol. The summed E-state index contributed by atoms with van der Waals surface area (Å²) in [5.74, 6) is 1.30. The number of piperidine rings is 1. The smallest absolute Gasteiger partial charge is 0.257 e. The minimum absolute atomic E-state index is 0.0762. The van der Waals surface area contributed by atoms with Gasteiger partial charge in [-0.1, -0.05) is 6.07 Å². The van der Waals surface area contributed by atoms with Crippen molar-refractivity contribution in [3.8, 4) is 0 Å². The minimum Gasteiger partial charge on any atom is -0.339 e. The average molecular weight is 390 g/mol. The Kier molecular flexibility index (Phi) is 5.29. The van der Waals surface area contributed by atoms with E-state index in [9.17, 15) is 4.79 Å². The van der Waals surface area contributed by atoms with Gasteiger partial charge >= 0.3 is 0 Å². The summed E-state index contributed by atoms with van der Waals surface area (Å²) in [5, 5.41) is 7.60. The molecule has 7 nitrogen and oxygen atoms in total.